The van der Waals surface area contributed by atoms with Gasteiger partial charge in [0.1, 0.15) is 0 Å². The van der Waals surface area contributed by atoms with Crippen LogP contribution < -0.4 is 10.5 Å². The molecule has 2 heterocycles. The van der Waals surface area contributed by atoms with Gasteiger partial charge in [0.15, 0.2) is 11.4 Å². The molecule has 24 heavy (non-hydrogen) atoms. The summed E-state index contributed by atoms with van der Waals surface area (Å²) in [5.41, 5.74) is 0.627. The van der Waals surface area contributed by atoms with E-state index in [1.54, 1.807) is 4.68 Å². The number of H-pyrrole nitrogens is 1. The molecule has 2 N–H and O–H groups in total. The van der Waals surface area contributed by atoms with E-state index in [-0.39, 0.29) is 23.1 Å². The Hall–Kier alpha value is -2.53. The normalized spacial score (nSPS) is 12.3. The highest BCUT2D eigenvalue weighted by molar-refractivity contribution is 7.89. The number of oxazole rings is 1. The average molecular weight is 352 g/mol. The van der Waals surface area contributed by atoms with Gasteiger partial charge in [0.2, 0.25) is 10.0 Å². The first kappa shape index (κ1) is 16.3. The van der Waals surface area contributed by atoms with Crippen LogP contribution in [0, 0.1) is 0 Å². The monoisotopic (exact) mass is 352 g/mol. The lowest BCUT2D eigenvalue weighted by Gasteiger charge is -2.09. The van der Waals surface area contributed by atoms with E-state index in [2.05, 4.69) is 25.2 Å². The number of sulfonamides is 1. The fourth-order valence-corrected chi connectivity index (χ4v) is 3.30. The number of hydrogen-bond acceptors (Lipinski definition) is 7. The maximum absolute atomic E-state index is 12.3. The molecule has 0 radical (unpaired) electrons. The summed E-state index contributed by atoms with van der Waals surface area (Å²) in [7, 11) is -3.73. The molecule has 1 aromatic carbocycles. The van der Waals surface area contributed by atoms with E-state index in [0.29, 0.717) is 17.8 Å². The van der Waals surface area contributed by atoms with E-state index in [1.165, 1.54) is 18.2 Å². The molecule has 0 aliphatic heterocycles. The second kappa shape index (κ2) is 6.17. The first-order chi connectivity index (χ1) is 11.4. The zero-order chi connectivity index (χ0) is 17.3. The minimum absolute atomic E-state index is 0.0150. The predicted molar refractivity (Wildman–Crippen MR) is 83.9 cm³/mol. The number of hydrogen-bond donors (Lipinski definition) is 2. The topological polar surface area (TPSA) is 136 Å². The summed E-state index contributed by atoms with van der Waals surface area (Å²) in [6.45, 7) is 4.01. The van der Waals surface area contributed by atoms with Crippen LogP contribution >= 0.6 is 0 Å². The van der Waals surface area contributed by atoms with Crippen molar-refractivity contribution in [2.45, 2.75) is 31.2 Å². The Bertz CT molecular complexity index is 1020. The first-order valence-corrected chi connectivity index (χ1v) is 8.74. The Balaban J connectivity index is 1.73. The SMILES string of the molecule is CC(C)n1nnnc1CCNS(=O)(=O)c1ccc2[nH]c(=O)oc2c1. The van der Waals surface area contributed by atoms with E-state index in [4.69, 9.17) is 4.42 Å². The summed E-state index contributed by atoms with van der Waals surface area (Å²) in [6.07, 6.45) is 0.353. The predicted octanol–water partition coefficient (Wildman–Crippen LogP) is 0.209. The van der Waals surface area contributed by atoms with Gasteiger partial charge >= 0.3 is 5.76 Å². The Morgan fingerprint density at radius 2 is 2.17 bits per heavy atom. The number of aromatic amines is 1. The number of aromatic nitrogens is 5. The van der Waals surface area contributed by atoms with Crippen LogP contribution in [0.15, 0.2) is 32.3 Å². The van der Waals surface area contributed by atoms with Crippen LogP contribution in [0.1, 0.15) is 25.7 Å². The lowest BCUT2D eigenvalue weighted by molar-refractivity contribution is 0.492. The summed E-state index contributed by atoms with van der Waals surface area (Å²) >= 11 is 0. The fraction of sp³-hybridized carbons (Fsp3) is 0.385. The molecule has 0 atom stereocenters. The van der Waals surface area contributed by atoms with E-state index in [0.717, 1.165) is 0 Å². The Morgan fingerprint density at radius 1 is 1.38 bits per heavy atom. The highest BCUT2D eigenvalue weighted by atomic mass is 32.2. The lowest BCUT2D eigenvalue weighted by Crippen LogP contribution is -2.27. The molecule has 0 aliphatic carbocycles. The van der Waals surface area contributed by atoms with Crippen molar-refractivity contribution < 1.29 is 12.8 Å². The van der Waals surface area contributed by atoms with Gasteiger partial charge in [0, 0.05) is 19.0 Å². The molecule has 0 saturated carbocycles. The Labute approximate surface area is 136 Å². The number of tetrazole rings is 1. The molecule has 11 heteroatoms. The maximum Gasteiger partial charge on any atom is 0.417 e. The summed E-state index contributed by atoms with van der Waals surface area (Å²) < 4.78 is 33.7. The van der Waals surface area contributed by atoms with Gasteiger partial charge in [-0.3, -0.25) is 4.98 Å². The summed E-state index contributed by atoms with van der Waals surface area (Å²) in [4.78, 5) is 13.6. The van der Waals surface area contributed by atoms with Gasteiger partial charge < -0.3 is 4.42 Å². The maximum atomic E-state index is 12.3. The van der Waals surface area contributed by atoms with Crippen LogP contribution in [0.2, 0.25) is 0 Å². The Morgan fingerprint density at radius 3 is 2.92 bits per heavy atom. The molecular weight excluding hydrogens is 336 g/mol. The smallest absolute Gasteiger partial charge is 0.408 e. The molecule has 0 amide bonds. The molecule has 10 nitrogen and oxygen atoms in total. The molecule has 0 fully saturated rings. The van der Waals surface area contributed by atoms with Gasteiger partial charge in [-0.15, -0.1) is 5.10 Å². The van der Waals surface area contributed by atoms with Crippen molar-refractivity contribution in [2.24, 2.45) is 0 Å². The van der Waals surface area contributed by atoms with Crippen molar-refractivity contribution >= 4 is 21.1 Å². The highest BCUT2D eigenvalue weighted by Crippen LogP contribution is 2.16. The van der Waals surface area contributed by atoms with Gasteiger partial charge in [-0.25, -0.2) is 22.6 Å². The first-order valence-electron chi connectivity index (χ1n) is 7.26. The third kappa shape index (κ3) is 3.21. The minimum Gasteiger partial charge on any atom is -0.408 e. The van der Waals surface area contributed by atoms with Crippen molar-refractivity contribution in [2.75, 3.05) is 6.54 Å². The van der Waals surface area contributed by atoms with Crippen molar-refractivity contribution in [1.82, 2.24) is 29.9 Å². The number of nitrogens with zero attached hydrogens (tertiary/aromatic N) is 4. The van der Waals surface area contributed by atoms with E-state index >= 15 is 0 Å². The van der Waals surface area contributed by atoms with Crippen molar-refractivity contribution in [3.8, 4) is 0 Å². The molecule has 0 aliphatic rings. The third-order valence-corrected chi connectivity index (χ3v) is 4.85. The van der Waals surface area contributed by atoms with Gasteiger partial charge in [-0.1, -0.05) is 0 Å². The highest BCUT2D eigenvalue weighted by Gasteiger charge is 2.16. The van der Waals surface area contributed by atoms with E-state index in [9.17, 15) is 13.2 Å². The third-order valence-electron chi connectivity index (χ3n) is 3.39. The van der Waals surface area contributed by atoms with Gasteiger partial charge in [0.25, 0.3) is 0 Å². The molecule has 128 valence electrons. The molecule has 0 unspecified atom stereocenters. The number of benzene rings is 1. The second-order valence-corrected chi connectivity index (χ2v) is 7.22. The molecule has 0 spiro atoms. The molecule has 0 bridgehead atoms. The molecule has 3 rings (SSSR count). The summed E-state index contributed by atoms with van der Waals surface area (Å²) in [5, 5.41) is 11.3. The molecular formula is C13H16N6O4S. The molecule has 2 aromatic heterocycles. The van der Waals surface area contributed by atoms with Crippen LogP contribution in [0.4, 0.5) is 0 Å². The number of nitrogens with one attached hydrogen (secondary N) is 2. The van der Waals surface area contributed by atoms with E-state index in [1.807, 2.05) is 13.8 Å². The standard InChI is InChI=1S/C13H16N6O4S/c1-8(2)19-12(16-17-18-19)5-6-14-24(21,22)9-3-4-10-11(7-9)23-13(20)15-10/h3-4,7-8,14H,5-6H2,1-2H3,(H,15,20). The van der Waals surface area contributed by atoms with Crippen LogP contribution in [-0.4, -0.2) is 40.2 Å². The lowest BCUT2D eigenvalue weighted by atomic mass is 10.3. The fourth-order valence-electron chi connectivity index (χ4n) is 2.25. The number of rotatable bonds is 6. The molecule has 0 saturated heterocycles. The summed E-state index contributed by atoms with van der Waals surface area (Å²) in [5.74, 6) is -0.0344. The zero-order valence-corrected chi connectivity index (χ0v) is 13.9. The Kier molecular flexibility index (Phi) is 4.20. The van der Waals surface area contributed by atoms with Crippen LogP contribution in [0.25, 0.3) is 11.1 Å². The minimum atomic E-state index is -3.73. The van der Waals surface area contributed by atoms with Crippen LogP contribution in [0.5, 0.6) is 0 Å². The zero-order valence-electron chi connectivity index (χ0n) is 13.1. The van der Waals surface area contributed by atoms with E-state index < -0.39 is 15.8 Å². The molecule has 3 aromatic rings. The average Bonchev–Trinajstić information content (AvgIpc) is 3.11. The van der Waals surface area contributed by atoms with Crippen molar-refractivity contribution in [3.05, 3.63) is 34.6 Å². The van der Waals surface area contributed by atoms with Crippen LogP contribution in [0.3, 0.4) is 0 Å². The van der Waals surface area contributed by atoms with Gasteiger partial charge in [-0.05, 0) is 36.4 Å². The van der Waals surface area contributed by atoms with Crippen LogP contribution in [-0.2, 0) is 16.4 Å². The van der Waals surface area contributed by atoms with Gasteiger partial charge in [-0.2, -0.15) is 0 Å². The van der Waals surface area contributed by atoms with Gasteiger partial charge in [0.05, 0.1) is 16.5 Å². The largest absolute Gasteiger partial charge is 0.417 e. The quantitative estimate of drug-likeness (QED) is 0.647. The summed E-state index contributed by atoms with van der Waals surface area (Å²) in [6, 6.07) is 4.27. The van der Waals surface area contributed by atoms with Crippen molar-refractivity contribution in [1.29, 1.82) is 0 Å². The number of fused-ring (bicyclic) bond motifs is 1. The second-order valence-electron chi connectivity index (χ2n) is 5.45. The van der Waals surface area contributed by atoms with Crippen molar-refractivity contribution in [3.63, 3.8) is 0 Å².